The number of hydrogen-bond donors (Lipinski definition) is 0. The summed E-state index contributed by atoms with van der Waals surface area (Å²) in [5, 5.41) is 8.51. The van der Waals surface area contributed by atoms with Crippen molar-refractivity contribution in [2.75, 3.05) is 0 Å². The van der Waals surface area contributed by atoms with Crippen molar-refractivity contribution in [2.24, 2.45) is 0 Å². The van der Waals surface area contributed by atoms with Crippen LogP contribution in [0.15, 0.2) is 12.4 Å². The van der Waals surface area contributed by atoms with Crippen molar-refractivity contribution in [1.82, 2.24) is 19.7 Å². The lowest BCUT2D eigenvalue weighted by Gasteiger charge is -2.03. The zero-order valence-corrected chi connectivity index (χ0v) is 9.01. The molecule has 0 saturated heterocycles. The predicted octanol–water partition coefficient (Wildman–Crippen LogP) is 2.28. The van der Waals surface area contributed by atoms with E-state index in [2.05, 4.69) is 33.6 Å². The third-order valence-electron chi connectivity index (χ3n) is 2.87. The molecule has 1 aliphatic rings. The van der Waals surface area contributed by atoms with Gasteiger partial charge in [0.15, 0.2) is 5.65 Å². The molecule has 4 heteroatoms. The highest BCUT2D eigenvalue weighted by Gasteiger charge is 2.25. The van der Waals surface area contributed by atoms with Crippen LogP contribution < -0.4 is 0 Å². The highest BCUT2D eigenvalue weighted by atomic mass is 15.2. The first kappa shape index (κ1) is 8.83. The molecule has 0 aliphatic heterocycles. The summed E-state index contributed by atoms with van der Waals surface area (Å²) in [6.07, 6.45) is 4.39. The van der Waals surface area contributed by atoms with Gasteiger partial charge >= 0.3 is 0 Å². The smallest absolute Gasteiger partial charge is 0.182 e. The van der Waals surface area contributed by atoms with Gasteiger partial charge in [0.25, 0.3) is 0 Å². The van der Waals surface area contributed by atoms with Crippen LogP contribution in [0.2, 0.25) is 0 Å². The molecule has 3 rings (SSSR count). The maximum Gasteiger partial charge on any atom is 0.182 e. The predicted molar refractivity (Wildman–Crippen MR) is 57.7 cm³/mol. The van der Waals surface area contributed by atoms with Crippen LogP contribution >= 0.6 is 0 Å². The molecule has 0 N–H and O–H groups in total. The van der Waals surface area contributed by atoms with E-state index in [0.717, 1.165) is 16.9 Å². The summed E-state index contributed by atoms with van der Waals surface area (Å²) in [4.78, 5) is 4.38. The van der Waals surface area contributed by atoms with Gasteiger partial charge in [-0.05, 0) is 24.8 Å². The van der Waals surface area contributed by atoms with Crippen LogP contribution in [0.5, 0.6) is 0 Å². The van der Waals surface area contributed by atoms with Gasteiger partial charge in [-0.25, -0.2) is 4.98 Å². The molecule has 0 bridgehead atoms. The van der Waals surface area contributed by atoms with Crippen molar-refractivity contribution in [3.8, 4) is 0 Å². The lowest BCUT2D eigenvalue weighted by Crippen LogP contribution is -1.98. The topological polar surface area (TPSA) is 43.6 Å². The number of rotatable bonds is 2. The molecule has 0 radical (unpaired) electrons. The normalized spacial score (nSPS) is 16.5. The molecule has 2 heterocycles. The van der Waals surface area contributed by atoms with Crippen molar-refractivity contribution >= 4 is 11.2 Å². The molecule has 1 aliphatic carbocycles. The van der Waals surface area contributed by atoms with Crippen LogP contribution in [0.3, 0.4) is 0 Å². The molecule has 1 saturated carbocycles. The molecule has 0 aromatic carbocycles. The van der Waals surface area contributed by atoms with Gasteiger partial charge in [-0.1, -0.05) is 13.8 Å². The van der Waals surface area contributed by atoms with Crippen molar-refractivity contribution < 1.29 is 0 Å². The molecule has 4 nitrogen and oxygen atoms in total. The summed E-state index contributed by atoms with van der Waals surface area (Å²) in [6.45, 7) is 4.24. The fourth-order valence-corrected chi connectivity index (χ4v) is 1.75. The quantitative estimate of drug-likeness (QED) is 0.750. The van der Waals surface area contributed by atoms with Crippen molar-refractivity contribution in [1.29, 1.82) is 0 Å². The first-order valence-electron chi connectivity index (χ1n) is 5.46. The molecule has 78 valence electrons. The van der Waals surface area contributed by atoms with Gasteiger partial charge in [-0.2, -0.15) is 5.10 Å². The number of aromatic nitrogens is 4. The molecule has 2 aromatic heterocycles. The Hall–Kier alpha value is -1.45. The van der Waals surface area contributed by atoms with Gasteiger partial charge in [0, 0.05) is 6.04 Å². The molecule has 2 aromatic rings. The van der Waals surface area contributed by atoms with Gasteiger partial charge < -0.3 is 4.57 Å². The monoisotopic (exact) mass is 202 g/mol. The van der Waals surface area contributed by atoms with E-state index in [1.54, 1.807) is 0 Å². The second kappa shape index (κ2) is 3.02. The largest absolute Gasteiger partial charge is 0.311 e. The van der Waals surface area contributed by atoms with E-state index >= 15 is 0 Å². The molecule has 15 heavy (non-hydrogen) atoms. The van der Waals surface area contributed by atoms with Gasteiger partial charge in [0.1, 0.15) is 5.52 Å². The highest BCUT2D eigenvalue weighted by molar-refractivity contribution is 5.70. The summed E-state index contributed by atoms with van der Waals surface area (Å²) in [5.74, 6) is 0.410. The summed E-state index contributed by atoms with van der Waals surface area (Å²) >= 11 is 0. The Labute approximate surface area is 88.3 Å². The van der Waals surface area contributed by atoms with Crippen LogP contribution in [-0.2, 0) is 0 Å². The SMILES string of the molecule is CC(C)c1cc2ncn(C3CC3)c2nn1. The van der Waals surface area contributed by atoms with Crippen LogP contribution in [0, 0.1) is 0 Å². The zero-order chi connectivity index (χ0) is 10.4. The lowest BCUT2D eigenvalue weighted by molar-refractivity contribution is 0.739. The standard InChI is InChI=1S/C11H14N4/c1-7(2)9-5-10-11(14-13-9)15(6-12-10)8-3-4-8/h5-8H,3-4H2,1-2H3. The van der Waals surface area contributed by atoms with Crippen LogP contribution in [0.1, 0.15) is 44.3 Å². The number of hydrogen-bond acceptors (Lipinski definition) is 3. The molecule has 0 spiro atoms. The molecule has 1 fully saturated rings. The first-order chi connectivity index (χ1) is 7.25. The maximum absolute atomic E-state index is 4.38. The van der Waals surface area contributed by atoms with Gasteiger partial charge in [0.2, 0.25) is 0 Å². The van der Waals surface area contributed by atoms with Gasteiger partial charge in [-0.15, -0.1) is 5.10 Å². The van der Waals surface area contributed by atoms with Crippen molar-refractivity contribution in [2.45, 2.75) is 38.6 Å². The Kier molecular flexibility index (Phi) is 1.78. The van der Waals surface area contributed by atoms with Crippen LogP contribution in [0.4, 0.5) is 0 Å². The number of nitrogens with zero attached hydrogens (tertiary/aromatic N) is 4. The summed E-state index contributed by atoms with van der Waals surface area (Å²) < 4.78 is 2.15. The minimum Gasteiger partial charge on any atom is -0.311 e. The number of fused-ring (bicyclic) bond motifs is 1. The third-order valence-corrected chi connectivity index (χ3v) is 2.87. The molecule has 0 unspecified atom stereocenters. The fourth-order valence-electron chi connectivity index (χ4n) is 1.75. The van der Waals surface area contributed by atoms with Crippen molar-refractivity contribution in [3.63, 3.8) is 0 Å². The Balaban J connectivity index is 2.13. The zero-order valence-electron chi connectivity index (χ0n) is 9.01. The Morgan fingerprint density at radius 1 is 1.33 bits per heavy atom. The maximum atomic E-state index is 4.38. The molecular formula is C11H14N4. The summed E-state index contributed by atoms with van der Waals surface area (Å²) in [5.41, 5.74) is 2.92. The Bertz CT molecular complexity index is 496. The second-order valence-electron chi connectivity index (χ2n) is 4.52. The molecular weight excluding hydrogens is 188 g/mol. The number of imidazole rings is 1. The van der Waals surface area contributed by atoms with E-state index < -0.39 is 0 Å². The van der Waals surface area contributed by atoms with E-state index in [-0.39, 0.29) is 0 Å². The highest BCUT2D eigenvalue weighted by Crippen LogP contribution is 2.36. The summed E-state index contributed by atoms with van der Waals surface area (Å²) in [6, 6.07) is 2.67. The van der Waals surface area contributed by atoms with Crippen LogP contribution in [0.25, 0.3) is 11.2 Å². The van der Waals surface area contributed by atoms with E-state index in [1.807, 2.05) is 12.4 Å². The van der Waals surface area contributed by atoms with Crippen LogP contribution in [-0.4, -0.2) is 19.7 Å². The Morgan fingerprint density at radius 3 is 2.80 bits per heavy atom. The van der Waals surface area contributed by atoms with Gasteiger partial charge in [-0.3, -0.25) is 0 Å². The summed E-state index contributed by atoms with van der Waals surface area (Å²) in [7, 11) is 0. The average molecular weight is 202 g/mol. The van der Waals surface area contributed by atoms with E-state index in [1.165, 1.54) is 12.8 Å². The first-order valence-corrected chi connectivity index (χ1v) is 5.46. The minimum absolute atomic E-state index is 0.410. The lowest BCUT2D eigenvalue weighted by atomic mass is 10.1. The second-order valence-corrected chi connectivity index (χ2v) is 4.52. The molecule has 0 amide bonds. The van der Waals surface area contributed by atoms with E-state index in [0.29, 0.717) is 12.0 Å². The minimum atomic E-state index is 0.410. The van der Waals surface area contributed by atoms with E-state index in [9.17, 15) is 0 Å². The average Bonchev–Trinajstić information content (AvgIpc) is 2.98. The van der Waals surface area contributed by atoms with E-state index in [4.69, 9.17) is 0 Å². The molecule has 0 atom stereocenters. The fraction of sp³-hybridized carbons (Fsp3) is 0.545. The van der Waals surface area contributed by atoms with Crippen molar-refractivity contribution in [3.05, 3.63) is 18.1 Å². The van der Waals surface area contributed by atoms with Gasteiger partial charge in [0.05, 0.1) is 12.0 Å². The Morgan fingerprint density at radius 2 is 2.13 bits per heavy atom. The third kappa shape index (κ3) is 1.40.